The number of carboxylic acid groups (broad SMARTS) is 1. The SMILES string of the molecule is CB(O)CCOC1CCNCC1C(=O)O. The Morgan fingerprint density at radius 1 is 1.67 bits per heavy atom. The van der Waals surface area contributed by atoms with Gasteiger partial charge in [0.1, 0.15) is 0 Å². The molecule has 0 bridgehead atoms. The summed E-state index contributed by atoms with van der Waals surface area (Å²) in [6.07, 6.45) is 1.05. The molecule has 0 radical (unpaired) electrons. The van der Waals surface area contributed by atoms with Crippen molar-refractivity contribution in [3.8, 4) is 0 Å². The third kappa shape index (κ3) is 4.19. The Morgan fingerprint density at radius 3 is 3.00 bits per heavy atom. The van der Waals surface area contributed by atoms with Crippen molar-refractivity contribution in [2.75, 3.05) is 19.7 Å². The Kier molecular flexibility index (Phi) is 5.07. The number of piperidine rings is 1. The van der Waals surface area contributed by atoms with Gasteiger partial charge in [-0.3, -0.25) is 4.79 Å². The Balaban J connectivity index is 2.33. The molecule has 2 unspecified atom stereocenters. The lowest BCUT2D eigenvalue weighted by Crippen LogP contribution is -2.45. The van der Waals surface area contributed by atoms with Gasteiger partial charge in [-0.2, -0.15) is 0 Å². The number of rotatable bonds is 5. The highest BCUT2D eigenvalue weighted by Gasteiger charge is 2.31. The van der Waals surface area contributed by atoms with E-state index in [0.717, 1.165) is 13.0 Å². The maximum atomic E-state index is 10.9. The summed E-state index contributed by atoms with van der Waals surface area (Å²) in [5, 5.41) is 21.0. The molecule has 0 aromatic rings. The maximum absolute atomic E-state index is 10.9. The predicted octanol–water partition coefficient (Wildman–Crippen LogP) is -0.321. The summed E-state index contributed by atoms with van der Waals surface area (Å²) < 4.78 is 5.49. The smallest absolute Gasteiger partial charge is 0.310 e. The van der Waals surface area contributed by atoms with Gasteiger partial charge in [-0.15, -0.1) is 0 Å². The molecule has 0 spiro atoms. The monoisotopic (exact) mass is 215 g/mol. The summed E-state index contributed by atoms with van der Waals surface area (Å²) in [5.41, 5.74) is 0. The van der Waals surface area contributed by atoms with Crippen molar-refractivity contribution in [3.63, 3.8) is 0 Å². The van der Waals surface area contributed by atoms with Gasteiger partial charge in [-0.1, -0.05) is 6.82 Å². The molecule has 0 aromatic heterocycles. The molecular weight excluding hydrogens is 197 g/mol. The molecule has 86 valence electrons. The fourth-order valence-electron chi connectivity index (χ4n) is 1.67. The zero-order valence-electron chi connectivity index (χ0n) is 8.98. The molecule has 0 saturated carbocycles. The van der Waals surface area contributed by atoms with Crippen LogP contribution in [0.5, 0.6) is 0 Å². The van der Waals surface area contributed by atoms with Crippen molar-refractivity contribution in [1.29, 1.82) is 0 Å². The molecule has 1 aliphatic rings. The number of nitrogens with one attached hydrogen (secondary N) is 1. The van der Waals surface area contributed by atoms with Crippen LogP contribution in [0.15, 0.2) is 0 Å². The molecule has 5 nitrogen and oxygen atoms in total. The molecule has 1 rings (SSSR count). The topological polar surface area (TPSA) is 78.8 Å². The second-order valence-corrected chi connectivity index (χ2v) is 3.98. The first-order valence-corrected chi connectivity index (χ1v) is 5.34. The molecule has 0 amide bonds. The molecule has 6 heteroatoms. The summed E-state index contributed by atoms with van der Waals surface area (Å²) in [7, 11) is 0. The third-order valence-corrected chi connectivity index (χ3v) is 2.60. The van der Waals surface area contributed by atoms with Gasteiger partial charge >= 0.3 is 5.97 Å². The molecule has 0 aromatic carbocycles. The van der Waals surface area contributed by atoms with Gasteiger partial charge in [0.2, 0.25) is 0 Å². The molecule has 1 aliphatic heterocycles. The van der Waals surface area contributed by atoms with Crippen molar-refractivity contribution >= 4 is 12.9 Å². The van der Waals surface area contributed by atoms with Gasteiger partial charge in [0, 0.05) is 13.2 Å². The van der Waals surface area contributed by atoms with Crippen LogP contribution < -0.4 is 5.32 Å². The highest BCUT2D eigenvalue weighted by Crippen LogP contribution is 2.16. The van der Waals surface area contributed by atoms with Gasteiger partial charge in [-0.05, 0) is 19.3 Å². The summed E-state index contributed by atoms with van der Waals surface area (Å²) in [6, 6.07) is 0. The highest BCUT2D eigenvalue weighted by molar-refractivity contribution is 6.48. The average molecular weight is 215 g/mol. The number of carbonyl (C=O) groups is 1. The molecule has 0 aliphatic carbocycles. The fraction of sp³-hybridized carbons (Fsp3) is 0.889. The predicted molar refractivity (Wildman–Crippen MR) is 57.0 cm³/mol. The largest absolute Gasteiger partial charge is 0.481 e. The van der Waals surface area contributed by atoms with Crippen LogP contribution in [-0.4, -0.2) is 48.8 Å². The van der Waals surface area contributed by atoms with Crippen LogP contribution in [0, 0.1) is 5.92 Å². The zero-order chi connectivity index (χ0) is 11.3. The number of hydrogen-bond donors (Lipinski definition) is 3. The molecule has 2 atom stereocenters. The minimum atomic E-state index is -0.816. The van der Waals surface area contributed by atoms with Gasteiger partial charge in [0.25, 0.3) is 6.92 Å². The van der Waals surface area contributed by atoms with Crippen LogP contribution in [0.2, 0.25) is 13.1 Å². The molecule has 1 heterocycles. The van der Waals surface area contributed by atoms with E-state index in [4.69, 9.17) is 14.9 Å². The summed E-state index contributed by atoms with van der Waals surface area (Å²) in [6.45, 7) is 2.99. The number of hydrogen-bond acceptors (Lipinski definition) is 4. The van der Waals surface area contributed by atoms with E-state index in [1.165, 1.54) is 0 Å². The van der Waals surface area contributed by atoms with Crippen LogP contribution in [0.25, 0.3) is 0 Å². The normalized spacial score (nSPS) is 26.3. The van der Waals surface area contributed by atoms with Crippen molar-refractivity contribution in [1.82, 2.24) is 5.32 Å². The van der Waals surface area contributed by atoms with E-state index in [1.54, 1.807) is 6.82 Å². The summed E-state index contributed by atoms with van der Waals surface area (Å²) in [4.78, 5) is 10.9. The van der Waals surface area contributed by atoms with Crippen LogP contribution in [0.4, 0.5) is 0 Å². The molecule has 1 fully saturated rings. The van der Waals surface area contributed by atoms with E-state index in [9.17, 15) is 4.79 Å². The van der Waals surface area contributed by atoms with Crippen molar-refractivity contribution in [2.45, 2.75) is 25.7 Å². The molecule has 1 saturated heterocycles. The Labute approximate surface area is 89.9 Å². The molecule has 3 N–H and O–H groups in total. The number of aliphatic carboxylic acids is 1. The van der Waals surface area contributed by atoms with Gasteiger partial charge in [0.05, 0.1) is 12.0 Å². The minimum absolute atomic E-state index is 0.220. The van der Waals surface area contributed by atoms with Crippen molar-refractivity contribution in [3.05, 3.63) is 0 Å². The fourth-order valence-corrected chi connectivity index (χ4v) is 1.67. The molecule has 15 heavy (non-hydrogen) atoms. The summed E-state index contributed by atoms with van der Waals surface area (Å²) >= 11 is 0. The van der Waals surface area contributed by atoms with Gasteiger partial charge in [0.15, 0.2) is 0 Å². The molecular formula is C9H18BNO4. The summed E-state index contributed by atoms with van der Waals surface area (Å²) in [5.74, 6) is -1.28. The first-order chi connectivity index (χ1) is 7.11. The number of ether oxygens (including phenoxy) is 1. The second kappa shape index (κ2) is 6.10. The van der Waals surface area contributed by atoms with Gasteiger partial charge in [-0.25, -0.2) is 0 Å². The lowest BCUT2D eigenvalue weighted by atomic mass is 9.69. The lowest BCUT2D eigenvalue weighted by Gasteiger charge is -2.29. The standard InChI is InChI=1S/C9H18BNO4/c1-10(14)3-5-15-8-2-4-11-6-7(8)9(12)13/h7-8,11,14H,2-6H2,1H3,(H,12,13). The average Bonchev–Trinajstić information content (AvgIpc) is 2.17. The number of carboxylic acids is 1. The van der Waals surface area contributed by atoms with E-state index in [0.29, 0.717) is 19.5 Å². The van der Waals surface area contributed by atoms with Crippen LogP contribution in [0.1, 0.15) is 6.42 Å². The third-order valence-electron chi connectivity index (χ3n) is 2.60. The quantitative estimate of drug-likeness (QED) is 0.547. The Hall–Kier alpha value is -0.585. The second-order valence-electron chi connectivity index (χ2n) is 3.98. The highest BCUT2D eigenvalue weighted by atomic mass is 16.5. The maximum Gasteiger partial charge on any atom is 0.310 e. The van der Waals surface area contributed by atoms with E-state index >= 15 is 0 Å². The first kappa shape index (κ1) is 12.5. The Bertz CT molecular complexity index is 212. The van der Waals surface area contributed by atoms with Crippen molar-refractivity contribution in [2.24, 2.45) is 5.92 Å². The van der Waals surface area contributed by atoms with E-state index in [-0.39, 0.29) is 6.10 Å². The van der Waals surface area contributed by atoms with E-state index in [2.05, 4.69) is 5.32 Å². The zero-order valence-corrected chi connectivity index (χ0v) is 8.98. The van der Waals surface area contributed by atoms with E-state index in [1.807, 2.05) is 0 Å². The van der Waals surface area contributed by atoms with Crippen LogP contribution >= 0.6 is 0 Å². The Morgan fingerprint density at radius 2 is 2.40 bits per heavy atom. The first-order valence-electron chi connectivity index (χ1n) is 5.34. The minimum Gasteiger partial charge on any atom is -0.481 e. The van der Waals surface area contributed by atoms with Crippen LogP contribution in [0.3, 0.4) is 0 Å². The van der Waals surface area contributed by atoms with Gasteiger partial charge < -0.3 is 20.2 Å². The lowest BCUT2D eigenvalue weighted by molar-refractivity contribution is -0.148. The van der Waals surface area contributed by atoms with Crippen molar-refractivity contribution < 1.29 is 19.7 Å². The van der Waals surface area contributed by atoms with E-state index < -0.39 is 18.8 Å². The van der Waals surface area contributed by atoms with Crippen LogP contribution in [-0.2, 0) is 9.53 Å².